The van der Waals surface area contributed by atoms with E-state index in [1.165, 1.54) is 13.1 Å². The molecule has 0 aliphatic heterocycles. The van der Waals surface area contributed by atoms with Gasteiger partial charge in [-0.05, 0) is 43.4 Å². The van der Waals surface area contributed by atoms with E-state index < -0.39 is 14.6 Å². The first-order chi connectivity index (χ1) is 14.2. The normalized spacial score (nSPS) is 19.4. The summed E-state index contributed by atoms with van der Waals surface area (Å²) in [7, 11) is -1.80. The zero-order chi connectivity index (χ0) is 21.9. The molecule has 0 spiro atoms. The molecule has 162 valence electrons. The Morgan fingerprint density at radius 1 is 1.20 bits per heavy atom. The summed E-state index contributed by atoms with van der Waals surface area (Å²) in [5.74, 6) is 0.109. The molecule has 1 aromatic rings. The molecule has 2 fully saturated rings. The number of carbonyl (C=O) groups excluding carboxylic acids is 1. The van der Waals surface area contributed by atoms with Crippen LogP contribution in [0.3, 0.4) is 0 Å². The van der Waals surface area contributed by atoms with Crippen LogP contribution < -0.4 is 22.1 Å². The summed E-state index contributed by atoms with van der Waals surface area (Å²) in [6, 6.07) is 6.64. The van der Waals surface area contributed by atoms with Crippen LogP contribution in [0.15, 0.2) is 47.6 Å². The Bertz CT molecular complexity index is 986. The smallest absolute Gasteiger partial charge is 0.318 e. The minimum Gasteiger partial charge on any atom is -0.401 e. The van der Waals surface area contributed by atoms with E-state index in [-0.39, 0.29) is 22.8 Å². The van der Waals surface area contributed by atoms with Gasteiger partial charge in [-0.2, -0.15) is 0 Å². The number of benzene rings is 1. The Hall–Kier alpha value is -2.81. The van der Waals surface area contributed by atoms with Crippen LogP contribution in [-0.4, -0.2) is 37.3 Å². The molecule has 1 aromatic carbocycles. The fourth-order valence-corrected chi connectivity index (χ4v) is 6.50. The van der Waals surface area contributed by atoms with Crippen molar-refractivity contribution in [3.63, 3.8) is 0 Å². The molecule has 0 radical (unpaired) electrons. The van der Waals surface area contributed by atoms with E-state index in [4.69, 9.17) is 11.5 Å². The van der Waals surface area contributed by atoms with Crippen LogP contribution in [0.1, 0.15) is 44.1 Å². The maximum Gasteiger partial charge on any atom is 0.318 e. The molecule has 2 aliphatic rings. The van der Waals surface area contributed by atoms with Crippen molar-refractivity contribution in [3.05, 3.63) is 48.2 Å². The van der Waals surface area contributed by atoms with E-state index in [1.54, 1.807) is 24.3 Å². The fraction of sp³-hybridized carbons (Fsp3) is 0.429. The van der Waals surface area contributed by atoms with E-state index in [0.717, 1.165) is 12.8 Å². The van der Waals surface area contributed by atoms with Gasteiger partial charge in [-0.3, -0.25) is 0 Å². The number of urea groups is 1. The zero-order valence-corrected chi connectivity index (χ0v) is 18.0. The minimum absolute atomic E-state index is 0.109. The van der Waals surface area contributed by atoms with Crippen molar-refractivity contribution in [2.24, 2.45) is 16.5 Å². The van der Waals surface area contributed by atoms with Crippen molar-refractivity contribution in [2.45, 2.75) is 48.5 Å². The first-order valence-corrected chi connectivity index (χ1v) is 11.6. The van der Waals surface area contributed by atoms with Crippen LogP contribution in [0.25, 0.3) is 5.70 Å². The minimum atomic E-state index is -3.34. The van der Waals surface area contributed by atoms with Gasteiger partial charge in [0, 0.05) is 24.5 Å². The lowest BCUT2D eigenvalue weighted by Gasteiger charge is -2.21. The topological polar surface area (TPSA) is 140 Å². The molecule has 0 atom stereocenters. The first-order valence-electron chi connectivity index (χ1n) is 10.0. The highest BCUT2D eigenvalue weighted by atomic mass is 32.2. The molecule has 0 bridgehead atoms. The van der Waals surface area contributed by atoms with Gasteiger partial charge >= 0.3 is 6.03 Å². The van der Waals surface area contributed by atoms with Crippen LogP contribution in [0.2, 0.25) is 0 Å². The maximum absolute atomic E-state index is 13.1. The van der Waals surface area contributed by atoms with E-state index in [1.807, 2.05) is 0 Å². The Balaban J connectivity index is 1.72. The number of anilines is 1. The molecular weight excluding hydrogens is 402 g/mol. The van der Waals surface area contributed by atoms with Crippen LogP contribution in [0.4, 0.5) is 10.5 Å². The maximum atomic E-state index is 13.1. The highest BCUT2D eigenvalue weighted by Crippen LogP contribution is 2.51. The summed E-state index contributed by atoms with van der Waals surface area (Å²) in [4.78, 5) is 15.6. The zero-order valence-electron chi connectivity index (χ0n) is 17.1. The molecule has 3 rings (SSSR count). The van der Waals surface area contributed by atoms with Gasteiger partial charge < -0.3 is 22.1 Å². The second-order valence-corrected chi connectivity index (χ2v) is 10.3. The van der Waals surface area contributed by atoms with Crippen molar-refractivity contribution in [1.82, 2.24) is 5.32 Å². The number of nitrogens with one attached hydrogen (secondary N) is 2. The fourth-order valence-electron chi connectivity index (χ4n) is 3.85. The quantitative estimate of drug-likeness (QED) is 0.388. The average molecular weight is 432 g/mol. The largest absolute Gasteiger partial charge is 0.401 e. The number of carbonyl (C=O) groups is 1. The number of hydrogen-bond donors (Lipinski definition) is 4. The molecule has 0 unspecified atom stereocenters. The number of hydrogen-bond acceptors (Lipinski definition) is 5. The summed E-state index contributed by atoms with van der Waals surface area (Å²) in [5.41, 5.74) is 14.2. The number of amidine groups is 1. The standard InChI is InChI=1S/C21H29N5O3S/c1-14(15-7-9-16(10-8-15)26-20(27)24-2)25-19(23)13-18(22)21(11-12-21)30(28,29)17-5-3-4-6-17/h7-10,13,17H,1,3-6,11-12,22H2,2H3,(H2,23,25)(H2,24,26,27)/b18-13-. The molecule has 30 heavy (non-hydrogen) atoms. The van der Waals surface area contributed by atoms with E-state index in [9.17, 15) is 13.2 Å². The molecular formula is C21H29N5O3S. The van der Waals surface area contributed by atoms with Crippen LogP contribution >= 0.6 is 0 Å². The Morgan fingerprint density at radius 3 is 2.33 bits per heavy atom. The van der Waals surface area contributed by atoms with E-state index >= 15 is 0 Å². The van der Waals surface area contributed by atoms with E-state index in [0.29, 0.717) is 42.6 Å². The number of nitrogens with two attached hydrogens (primary N) is 2. The van der Waals surface area contributed by atoms with Gasteiger partial charge in [-0.25, -0.2) is 18.2 Å². The number of rotatable bonds is 7. The summed E-state index contributed by atoms with van der Waals surface area (Å²) >= 11 is 0. The number of nitrogens with zero attached hydrogens (tertiary/aromatic N) is 1. The number of amides is 2. The third-order valence-electron chi connectivity index (χ3n) is 5.79. The molecule has 0 saturated heterocycles. The number of sulfone groups is 1. The van der Waals surface area contributed by atoms with Crippen molar-refractivity contribution in [1.29, 1.82) is 0 Å². The van der Waals surface area contributed by atoms with Crippen molar-refractivity contribution >= 4 is 33.1 Å². The first kappa shape index (κ1) is 21.9. The number of aliphatic imine (C=N–C) groups is 1. The molecule has 2 aliphatic carbocycles. The van der Waals surface area contributed by atoms with Gasteiger partial charge in [-0.15, -0.1) is 0 Å². The Kier molecular flexibility index (Phi) is 6.21. The lowest BCUT2D eigenvalue weighted by molar-refractivity contribution is 0.254. The Labute approximate surface area is 177 Å². The predicted octanol–water partition coefficient (Wildman–Crippen LogP) is 2.50. The average Bonchev–Trinajstić information content (AvgIpc) is 3.35. The van der Waals surface area contributed by atoms with Gasteiger partial charge in [0.2, 0.25) is 0 Å². The van der Waals surface area contributed by atoms with Crippen LogP contribution in [-0.2, 0) is 9.84 Å². The van der Waals surface area contributed by atoms with E-state index in [2.05, 4.69) is 22.2 Å². The summed E-state index contributed by atoms with van der Waals surface area (Å²) in [5, 5.41) is 4.83. The predicted molar refractivity (Wildman–Crippen MR) is 121 cm³/mol. The van der Waals surface area contributed by atoms with Gasteiger partial charge in [0.25, 0.3) is 0 Å². The second kappa shape index (κ2) is 8.51. The second-order valence-electron chi connectivity index (χ2n) is 7.81. The molecule has 2 amide bonds. The Morgan fingerprint density at radius 2 is 1.80 bits per heavy atom. The van der Waals surface area contributed by atoms with Crippen LogP contribution in [0.5, 0.6) is 0 Å². The van der Waals surface area contributed by atoms with Gasteiger partial charge in [0.05, 0.1) is 10.9 Å². The summed E-state index contributed by atoms with van der Waals surface area (Å²) in [6.45, 7) is 3.91. The van der Waals surface area contributed by atoms with Crippen molar-refractivity contribution in [3.8, 4) is 0 Å². The lowest BCUT2D eigenvalue weighted by atomic mass is 10.1. The van der Waals surface area contributed by atoms with Gasteiger partial charge in [0.1, 0.15) is 10.6 Å². The molecule has 8 nitrogen and oxygen atoms in total. The monoisotopic (exact) mass is 431 g/mol. The highest BCUT2D eigenvalue weighted by molar-refractivity contribution is 7.94. The molecule has 2 saturated carbocycles. The molecule has 0 heterocycles. The SMILES string of the molecule is C=C(N=C(N)/C=C(\N)C1(S(=O)(=O)C2CCCC2)CC1)c1ccc(NC(=O)NC)cc1. The van der Waals surface area contributed by atoms with Crippen molar-refractivity contribution in [2.75, 3.05) is 12.4 Å². The molecule has 6 N–H and O–H groups in total. The van der Waals surface area contributed by atoms with Gasteiger partial charge in [0.15, 0.2) is 9.84 Å². The highest BCUT2D eigenvalue weighted by Gasteiger charge is 2.59. The third-order valence-corrected chi connectivity index (χ3v) is 8.87. The summed E-state index contributed by atoms with van der Waals surface area (Å²) < 4.78 is 25.1. The molecule has 0 aromatic heterocycles. The third kappa shape index (κ3) is 4.35. The lowest BCUT2D eigenvalue weighted by Crippen LogP contribution is -2.37. The molecule has 9 heteroatoms. The van der Waals surface area contributed by atoms with Crippen LogP contribution in [0, 0.1) is 0 Å². The van der Waals surface area contributed by atoms with Gasteiger partial charge in [-0.1, -0.05) is 31.6 Å². The summed E-state index contributed by atoms with van der Waals surface area (Å²) in [6.07, 6.45) is 5.83. The van der Waals surface area contributed by atoms with Crippen molar-refractivity contribution < 1.29 is 13.2 Å².